The standard InChI is InChI=1S/C15H27N3/c1-10(2)13(11(3)4)15-16-14(17-18-15)12-8-6-5-7-9-12/h10-13H,5-9H2,1-4H3,(H,16,17,18). The Morgan fingerprint density at radius 2 is 1.61 bits per heavy atom. The summed E-state index contributed by atoms with van der Waals surface area (Å²) in [5.41, 5.74) is 0. The zero-order chi connectivity index (χ0) is 13.1. The van der Waals surface area contributed by atoms with Gasteiger partial charge in [-0.15, -0.1) is 0 Å². The van der Waals surface area contributed by atoms with E-state index in [1.54, 1.807) is 0 Å². The third kappa shape index (κ3) is 2.93. The van der Waals surface area contributed by atoms with Crippen LogP contribution in [0, 0.1) is 11.8 Å². The van der Waals surface area contributed by atoms with Crippen LogP contribution in [0.1, 0.15) is 83.3 Å². The van der Waals surface area contributed by atoms with Gasteiger partial charge in [0.25, 0.3) is 0 Å². The number of nitrogens with one attached hydrogen (secondary N) is 1. The fourth-order valence-electron chi connectivity index (χ4n) is 3.36. The van der Waals surface area contributed by atoms with Crippen LogP contribution < -0.4 is 0 Å². The highest BCUT2D eigenvalue weighted by atomic mass is 15.2. The van der Waals surface area contributed by atoms with Gasteiger partial charge >= 0.3 is 0 Å². The number of nitrogens with zero attached hydrogens (tertiary/aromatic N) is 2. The normalized spacial score (nSPS) is 18.2. The molecule has 0 bridgehead atoms. The maximum Gasteiger partial charge on any atom is 0.154 e. The van der Waals surface area contributed by atoms with Gasteiger partial charge in [-0.05, 0) is 24.7 Å². The van der Waals surface area contributed by atoms with Crippen LogP contribution in [0.5, 0.6) is 0 Å². The molecule has 1 heterocycles. The highest BCUT2D eigenvalue weighted by Crippen LogP contribution is 2.33. The third-order valence-electron chi connectivity index (χ3n) is 4.25. The fraction of sp³-hybridized carbons (Fsp3) is 0.867. The van der Waals surface area contributed by atoms with Gasteiger partial charge in [0.1, 0.15) is 5.82 Å². The Balaban J connectivity index is 2.13. The number of rotatable bonds is 4. The van der Waals surface area contributed by atoms with Crippen molar-refractivity contribution in [1.82, 2.24) is 15.2 Å². The van der Waals surface area contributed by atoms with E-state index in [2.05, 4.69) is 37.9 Å². The van der Waals surface area contributed by atoms with Gasteiger partial charge in [-0.25, -0.2) is 4.98 Å². The first-order chi connectivity index (χ1) is 8.59. The second-order valence-corrected chi connectivity index (χ2v) is 6.43. The van der Waals surface area contributed by atoms with Crippen LogP contribution in [0.15, 0.2) is 0 Å². The van der Waals surface area contributed by atoms with Crippen LogP contribution in [0.25, 0.3) is 0 Å². The molecule has 0 saturated heterocycles. The van der Waals surface area contributed by atoms with E-state index >= 15 is 0 Å². The maximum atomic E-state index is 4.81. The molecule has 1 aromatic heterocycles. The molecule has 3 nitrogen and oxygen atoms in total. The summed E-state index contributed by atoms with van der Waals surface area (Å²) in [6.07, 6.45) is 6.64. The summed E-state index contributed by atoms with van der Waals surface area (Å²) < 4.78 is 0. The van der Waals surface area contributed by atoms with Gasteiger partial charge in [0.15, 0.2) is 5.82 Å². The number of aromatic nitrogens is 3. The van der Waals surface area contributed by atoms with Crippen LogP contribution >= 0.6 is 0 Å². The molecule has 0 unspecified atom stereocenters. The molecule has 0 radical (unpaired) electrons. The summed E-state index contributed by atoms with van der Waals surface area (Å²) in [6.45, 7) is 9.06. The molecule has 0 aromatic carbocycles. The molecule has 1 aromatic rings. The second-order valence-electron chi connectivity index (χ2n) is 6.43. The van der Waals surface area contributed by atoms with Gasteiger partial charge in [-0.3, -0.25) is 5.10 Å². The van der Waals surface area contributed by atoms with E-state index in [0.29, 0.717) is 23.7 Å². The number of H-pyrrole nitrogens is 1. The second kappa shape index (κ2) is 5.85. The predicted octanol–water partition coefficient (Wildman–Crippen LogP) is 4.25. The summed E-state index contributed by atoms with van der Waals surface area (Å²) in [4.78, 5) is 4.81. The molecule has 1 fully saturated rings. The van der Waals surface area contributed by atoms with Crippen molar-refractivity contribution in [3.8, 4) is 0 Å². The van der Waals surface area contributed by atoms with Crippen LogP contribution in [0.2, 0.25) is 0 Å². The lowest BCUT2D eigenvalue weighted by atomic mass is 9.85. The summed E-state index contributed by atoms with van der Waals surface area (Å²) in [5, 5.41) is 7.70. The minimum Gasteiger partial charge on any atom is -0.263 e. The minimum atomic E-state index is 0.471. The fourth-order valence-corrected chi connectivity index (χ4v) is 3.36. The Labute approximate surface area is 111 Å². The Hall–Kier alpha value is -0.860. The zero-order valence-corrected chi connectivity index (χ0v) is 12.2. The molecule has 1 aliphatic carbocycles. The van der Waals surface area contributed by atoms with E-state index in [4.69, 9.17) is 4.98 Å². The molecular formula is C15H27N3. The van der Waals surface area contributed by atoms with Gasteiger partial charge in [-0.2, -0.15) is 5.10 Å². The van der Waals surface area contributed by atoms with Crippen LogP contribution in [-0.2, 0) is 0 Å². The van der Waals surface area contributed by atoms with E-state index in [1.807, 2.05) is 0 Å². The van der Waals surface area contributed by atoms with Gasteiger partial charge in [-0.1, -0.05) is 47.0 Å². The average Bonchev–Trinajstić information content (AvgIpc) is 2.78. The van der Waals surface area contributed by atoms with Crippen molar-refractivity contribution in [3.05, 3.63) is 11.6 Å². The molecule has 0 amide bonds. The van der Waals surface area contributed by atoms with Crippen molar-refractivity contribution in [1.29, 1.82) is 0 Å². The van der Waals surface area contributed by atoms with Gasteiger partial charge in [0, 0.05) is 11.8 Å². The topological polar surface area (TPSA) is 41.6 Å². The van der Waals surface area contributed by atoms with Crippen LogP contribution in [0.3, 0.4) is 0 Å². The number of hydrogen-bond acceptors (Lipinski definition) is 2. The minimum absolute atomic E-state index is 0.471. The van der Waals surface area contributed by atoms with E-state index in [0.717, 1.165) is 11.6 Å². The summed E-state index contributed by atoms with van der Waals surface area (Å²) in [6, 6.07) is 0. The lowest BCUT2D eigenvalue weighted by Gasteiger charge is -2.22. The van der Waals surface area contributed by atoms with Gasteiger partial charge in [0.2, 0.25) is 0 Å². The van der Waals surface area contributed by atoms with Crippen molar-refractivity contribution < 1.29 is 0 Å². The van der Waals surface area contributed by atoms with Crippen LogP contribution in [0.4, 0.5) is 0 Å². The molecule has 0 aliphatic heterocycles. The third-order valence-corrected chi connectivity index (χ3v) is 4.25. The summed E-state index contributed by atoms with van der Waals surface area (Å²) in [7, 11) is 0. The quantitative estimate of drug-likeness (QED) is 0.866. The molecule has 3 heteroatoms. The molecule has 102 valence electrons. The van der Waals surface area contributed by atoms with Gasteiger partial charge < -0.3 is 0 Å². The van der Waals surface area contributed by atoms with Crippen molar-refractivity contribution in [2.75, 3.05) is 0 Å². The highest BCUT2D eigenvalue weighted by Gasteiger charge is 2.26. The smallest absolute Gasteiger partial charge is 0.154 e. The number of aromatic amines is 1. The SMILES string of the molecule is CC(C)C(c1n[nH]c(C2CCCCC2)n1)C(C)C. The number of hydrogen-bond donors (Lipinski definition) is 1. The zero-order valence-electron chi connectivity index (χ0n) is 12.2. The monoisotopic (exact) mass is 249 g/mol. The maximum absolute atomic E-state index is 4.81. The molecule has 1 aliphatic rings. The Kier molecular flexibility index (Phi) is 4.41. The average molecular weight is 249 g/mol. The first-order valence-electron chi connectivity index (χ1n) is 7.51. The molecular weight excluding hydrogens is 222 g/mol. The lowest BCUT2D eigenvalue weighted by Crippen LogP contribution is -2.15. The first kappa shape index (κ1) is 13.6. The summed E-state index contributed by atoms with van der Waals surface area (Å²) in [5.74, 6) is 4.45. The Morgan fingerprint density at radius 3 is 2.17 bits per heavy atom. The molecule has 2 rings (SSSR count). The molecule has 0 atom stereocenters. The summed E-state index contributed by atoms with van der Waals surface area (Å²) >= 11 is 0. The largest absolute Gasteiger partial charge is 0.263 e. The molecule has 1 saturated carbocycles. The molecule has 0 spiro atoms. The van der Waals surface area contributed by atoms with E-state index < -0.39 is 0 Å². The van der Waals surface area contributed by atoms with E-state index in [-0.39, 0.29) is 0 Å². The van der Waals surface area contributed by atoms with Crippen molar-refractivity contribution >= 4 is 0 Å². The predicted molar refractivity (Wildman–Crippen MR) is 74.6 cm³/mol. The van der Waals surface area contributed by atoms with Crippen molar-refractivity contribution in [3.63, 3.8) is 0 Å². The van der Waals surface area contributed by atoms with Gasteiger partial charge in [0.05, 0.1) is 0 Å². The highest BCUT2D eigenvalue weighted by molar-refractivity contribution is 5.04. The first-order valence-corrected chi connectivity index (χ1v) is 7.51. The van der Waals surface area contributed by atoms with Crippen molar-refractivity contribution in [2.24, 2.45) is 11.8 Å². The molecule has 18 heavy (non-hydrogen) atoms. The Bertz CT molecular complexity index is 354. The van der Waals surface area contributed by atoms with Crippen molar-refractivity contribution in [2.45, 2.75) is 71.6 Å². The molecule has 1 N–H and O–H groups in total. The van der Waals surface area contributed by atoms with E-state index in [9.17, 15) is 0 Å². The van der Waals surface area contributed by atoms with E-state index in [1.165, 1.54) is 32.1 Å². The lowest BCUT2D eigenvalue weighted by molar-refractivity contribution is 0.371. The van der Waals surface area contributed by atoms with Crippen LogP contribution in [-0.4, -0.2) is 15.2 Å². The Morgan fingerprint density at radius 1 is 1.00 bits per heavy atom.